The van der Waals surface area contributed by atoms with Crippen LogP contribution in [0.5, 0.6) is 0 Å². The summed E-state index contributed by atoms with van der Waals surface area (Å²) in [5, 5.41) is 4.59. The van der Waals surface area contributed by atoms with Gasteiger partial charge in [-0.2, -0.15) is 5.10 Å². The van der Waals surface area contributed by atoms with Crippen molar-refractivity contribution in [3.05, 3.63) is 58.4 Å². The van der Waals surface area contributed by atoms with E-state index in [0.29, 0.717) is 15.7 Å². The fourth-order valence-corrected chi connectivity index (χ4v) is 2.40. The second kappa shape index (κ2) is 5.78. The van der Waals surface area contributed by atoms with Gasteiger partial charge in [0.2, 0.25) is 0 Å². The van der Waals surface area contributed by atoms with Crippen LogP contribution in [0.1, 0.15) is 10.5 Å². The summed E-state index contributed by atoms with van der Waals surface area (Å²) in [7, 11) is -3.89. The first-order valence-corrected chi connectivity index (χ1v) is 7.87. The van der Waals surface area contributed by atoms with Gasteiger partial charge in [0, 0.05) is 11.5 Å². The van der Waals surface area contributed by atoms with E-state index in [4.69, 9.17) is 0 Å². The SMILES string of the molecule is C=CS(=O)(=O)NC(=O)c1cc(Br)n(-c2ccc(F)cc2)n1. The summed E-state index contributed by atoms with van der Waals surface area (Å²) in [6.07, 6.45) is 0. The molecule has 1 aromatic heterocycles. The summed E-state index contributed by atoms with van der Waals surface area (Å²) < 4.78 is 38.9. The minimum Gasteiger partial charge on any atom is -0.266 e. The van der Waals surface area contributed by atoms with Crippen molar-refractivity contribution in [2.45, 2.75) is 0 Å². The van der Waals surface area contributed by atoms with Crippen LogP contribution in [0, 0.1) is 5.82 Å². The number of aromatic nitrogens is 2. The van der Waals surface area contributed by atoms with Crippen molar-refractivity contribution in [1.82, 2.24) is 14.5 Å². The van der Waals surface area contributed by atoms with E-state index in [2.05, 4.69) is 27.6 Å². The molecule has 0 atom stereocenters. The number of halogens is 2. The molecule has 1 aromatic carbocycles. The minimum absolute atomic E-state index is 0.114. The number of nitrogens with one attached hydrogen (secondary N) is 1. The zero-order chi connectivity index (χ0) is 15.6. The first-order valence-electron chi connectivity index (χ1n) is 5.53. The Bertz CT molecular complexity index is 800. The minimum atomic E-state index is -3.89. The number of hydrogen-bond acceptors (Lipinski definition) is 4. The Morgan fingerprint density at radius 3 is 2.57 bits per heavy atom. The predicted molar refractivity (Wildman–Crippen MR) is 77.8 cm³/mol. The van der Waals surface area contributed by atoms with Gasteiger partial charge in [-0.15, -0.1) is 0 Å². The summed E-state index contributed by atoms with van der Waals surface area (Å²) >= 11 is 3.19. The second-order valence-corrected chi connectivity index (χ2v) is 6.32. The number of hydrogen-bond donors (Lipinski definition) is 1. The average molecular weight is 374 g/mol. The number of rotatable bonds is 4. The highest BCUT2D eigenvalue weighted by Gasteiger charge is 2.18. The topological polar surface area (TPSA) is 81.1 Å². The molecule has 2 aromatic rings. The highest BCUT2D eigenvalue weighted by molar-refractivity contribution is 9.10. The number of sulfonamides is 1. The van der Waals surface area contributed by atoms with E-state index in [0.717, 1.165) is 0 Å². The van der Waals surface area contributed by atoms with Gasteiger partial charge >= 0.3 is 0 Å². The van der Waals surface area contributed by atoms with Gasteiger partial charge in [0.05, 0.1) is 5.69 Å². The average Bonchev–Trinajstić information content (AvgIpc) is 2.81. The molecule has 0 aliphatic rings. The Hall–Kier alpha value is -2.00. The van der Waals surface area contributed by atoms with Gasteiger partial charge in [0.1, 0.15) is 10.4 Å². The normalized spacial score (nSPS) is 11.1. The third kappa shape index (κ3) is 3.56. The van der Waals surface area contributed by atoms with Crippen LogP contribution in [0.15, 0.2) is 46.9 Å². The van der Waals surface area contributed by atoms with E-state index in [1.807, 2.05) is 0 Å². The quantitative estimate of drug-likeness (QED) is 0.888. The van der Waals surface area contributed by atoms with Crippen molar-refractivity contribution in [1.29, 1.82) is 0 Å². The lowest BCUT2D eigenvalue weighted by Gasteiger charge is -2.02. The van der Waals surface area contributed by atoms with E-state index in [9.17, 15) is 17.6 Å². The molecule has 0 spiro atoms. The predicted octanol–water partition coefficient (Wildman–Crippen LogP) is 1.98. The molecule has 0 fully saturated rings. The third-order valence-electron chi connectivity index (χ3n) is 2.42. The molecule has 1 amide bonds. The maximum atomic E-state index is 12.9. The summed E-state index contributed by atoms with van der Waals surface area (Å²) in [4.78, 5) is 11.8. The highest BCUT2D eigenvalue weighted by atomic mass is 79.9. The first-order chi connectivity index (χ1) is 9.82. The van der Waals surface area contributed by atoms with Crippen molar-refractivity contribution in [2.24, 2.45) is 0 Å². The van der Waals surface area contributed by atoms with Crippen molar-refractivity contribution < 1.29 is 17.6 Å². The number of amides is 1. The fourth-order valence-electron chi connectivity index (χ4n) is 1.46. The number of carbonyl (C=O) groups excluding carboxylic acids is 1. The number of carbonyl (C=O) groups is 1. The lowest BCUT2D eigenvalue weighted by molar-refractivity contribution is 0.0976. The molecular weight excluding hydrogens is 365 g/mol. The van der Waals surface area contributed by atoms with Crippen LogP contribution >= 0.6 is 15.9 Å². The smallest absolute Gasteiger partial charge is 0.266 e. The molecular formula is C12H9BrFN3O3S. The van der Waals surface area contributed by atoms with Gasteiger partial charge in [0.15, 0.2) is 5.69 Å². The monoisotopic (exact) mass is 373 g/mol. The highest BCUT2D eigenvalue weighted by Crippen LogP contribution is 2.18. The third-order valence-corrected chi connectivity index (χ3v) is 3.90. The summed E-state index contributed by atoms with van der Waals surface area (Å²) in [6, 6.07) is 6.76. The standard InChI is InChI=1S/C12H9BrFN3O3S/c1-2-21(19,20)16-12(18)10-7-11(13)17(15-10)9-5-3-8(14)4-6-9/h2-7H,1H2,(H,16,18). The molecule has 110 valence electrons. The zero-order valence-corrected chi connectivity index (χ0v) is 12.9. The maximum Gasteiger partial charge on any atom is 0.285 e. The van der Waals surface area contributed by atoms with Crippen molar-refractivity contribution in [2.75, 3.05) is 0 Å². The molecule has 9 heteroatoms. The Balaban J connectivity index is 2.33. The zero-order valence-electron chi connectivity index (χ0n) is 10.5. The van der Waals surface area contributed by atoms with Gasteiger partial charge in [-0.25, -0.2) is 22.2 Å². The van der Waals surface area contributed by atoms with Crippen molar-refractivity contribution in [3.8, 4) is 5.69 Å². The van der Waals surface area contributed by atoms with Gasteiger partial charge in [0.25, 0.3) is 15.9 Å². The van der Waals surface area contributed by atoms with E-state index in [1.165, 1.54) is 35.0 Å². The summed E-state index contributed by atoms with van der Waals surface area (Å²) in [6.45, 7) is 3.08. The van der Waals surface area contributed by atoms with Crippen LogP contribution in [0.3, 0.4) is 0 Å². The van der Waals surface area contributed by atoms with Crippen molar-refractivity contribution >= 4 is 31.9 Å². The summed E-state index contributed by atoms with van der Waals surface area (Å²) in [5.74, 6) is -1.30. The maximum absolute atomic E-state index is 12.9. The molecule has 6 nitrogen and oxygen atoms in total. The molecule has 0 unspecified atom stereocenters. The van der Waals surface area contributed by atoms with Crippen LogP contribution in [0.4, 0.5) is 4.39 Å². The molecule has 2 rings (SSSR count). The van der Waals surface area contributed by atoms with Crippen LogP contribution in [-0.4, -0.2) is 24.1 Å². The van der Waals surface area contributed by atoms with Gasteiger partial charge in [-0.1, -0.05) is 6.58 Å². The second-order valence-electron chi connectivity index (χ2n) is 3.88. The molecule has 0 bridgehead atoms. The lowest BCUT2D eigenvalue weighted by Crippen LogP contribution is -2.29. The molecule has 0 saturated heterocycles. The van der Waals surface area contributed by atoms with Gasteiger partial charge in [-0.3, -0.25) is 4.79 Å². The molecule has 0 radical (unpaired) electrons. The van der Waals surface area contributed by atoms with Crippen LogP contribution in [-0.2, 0) is 10.0 Å². The Kier molecular flexibility index (Phi) is 4.24. The van der Waals surface area contributed by atoms with E-state index in [1.54, 1.807) is 4.72 Å². The van der Waals surface area contributed by atoms with E-state index >= 15 is 0 Å². The molecule has 1 heterocycles. The van der Waals surface area contributed by atoms with Crippen LogP contribution < -0.4 is 4.72 Å². The van der Waals surface area contributed by atoms with E-state index < -0.39 is 21.7 Å². The lowest BCUT2D eigenvalue weighted by atomic mass is 10.3. The number of nitrogens with zero attached hydrogens (tertiary/aromatic N) is 2. The van der Waals surface area contributed by atoms with Crippen LogP contribution in [0.2, 0.25) is 0 Å². The molecule has 0 saturated carbocycles. The van der Waals surface area contributed by atoms with E-state index in [-0.39, 0.29) is 5.69 Å². The van der Waals surface area contributed by atoms with Crippen molar-refractivity contribution in [3.63, 3.8) is 0 Å². The fraction of sp³-hybridized carbons (Fsp3) is 0. The summed E-state index contributed by atoms with van der Waals surface area (Å²) in [5.41, 5.74) is 0.394. The van der Waals surface area contributed by atoms with Gasteiger partial charge in [-0.05, 0) is 40.2 Å². The Morgan fingerprint density at radius 1 is 1.38 bits per heavy atom. The first kappa shape index (κ1) is 15.4. The van der Waals surface area contributed by atoms with Gasteiger partial charge < -0.3 is 0 Å². The largest absolute Gasteiger partial charge is 0.285 e. The molecule has 1 N–H and O–H groups in total. The Labute approximate surface area is 128 Å². The molecule has 21 heavy (non-hydrogen) atoms. The molecule has 0 aliphatic carbocycles. The Morgan fingerprint density at radius 2 is 2.00 bits per heavy atom. The number of benzene rings is 1. The molecule has 0 aliphatic heterocycles. The van der Waals surface area contributed by atoms with Crippen LogP contribution in [0.25, 0.3) is 5.69 Å².